The minimum Gasteiger partial charge on any atom is -0.497 e. The van der Waals surface area contributed by atoms with Gasteiger partial charge in [0, 0.05) is 43.8 Å². The second-order valence-electron chi connectivity index (χ2n) is 7.90. The number of ether oxygens (including phenoxy) is 1. The Balaban J connectivity index is 1.33. The number of fused-ring (bicyclic) bond motifs is 1. The normalized spacial score (nSPS) is 13.9. The molecule has 1 fully saturated rings. The number of hydrogen-bond acceptors (Lipinski definition) is 6. The summed E-state index contributed by atoms with van der Waals surface area (Å²) in [6.45, 7) is 4.34. The Morgan fingerprint density at radius 2 is 1.47 bits per heavy atom. The van der Waals surface area contributed by atoms with Crippen molar-refractivity contribution >= 4 is 28.4 Å². The number of methoxy groups -OCH3 is 1. The van der Waals surface area contributed by atoms with E-state index in [2.05, 4.69) is 63.6 Å². The highest BCUT2D eigenvalue weighted by Crippen LogP contribution is 2.26. The molecule has 32 heavy (non-hydrogen) atoms. The first-order valence-corrected chi connectivity index (χ1v) is 11.0. The number of rotatable bonds is 6. The van der Waals surface area contributed by atoms with E-state index in [0.717, 1.165) is 61.1 Å². The minimum atomic E-state index is 0.729. The Bertz CT molecular complexity index is 1170. The molecule has 3 aromatic carbocycles. The van der Waals surface area contributed by atoms with Gasteiger partial charge in [-0.15, -0.1) is 0 Å². The molecule has 1 aliphatic rings. The summed E-state index contributed by atoms with van der Waals surface area (Å²) in [5.74, 6) is 2.55. The van der Waals surface area contributed by atoms with E-state index in [9.17, 15) is 0 Å². The van der Waals surface area contributed by atoms with E-state index in [-0.39, 0.29) is 0 Å². The number of aromatic nitrogens is 2. The van der Waals surface area contributed by atoms with Gasteiger partial charge in [0.05, 0.1) is 12.6 Å². The third kappa shape index (κ3) is 4.30. The molecule has 1 saturated heterocycles. The second kappa shape index (κ2) is 9.14. The van der Waals surface area contributed by atoms with Gasteiger partial charge in [-0.3, -0.25) is 0 Å². The highest BCUT2D eigenvalue weighted by atomic mass is 16.5. The van der Waals surface area contributed by atoms with Crippen molar-refractivity contribution in [3.63, 3.8) is 0 Å². The fourth-order valence-corrected chi connectivity index (χ4v) is 4.08. The molecular formula is C26H27N5O. The van der Waals surface area contributed by atoms with Crippen LogP contribution in [0.5, 0.6) is 5.75 Å². The maximum atomic E-state index is 5.28. The van der Waals surface area contributed by atoms with Gasteiger partial charge in [-0.25, -0.2) is 4.98 Å². The Morgan fingerprint density at radius 3 is 2.22 bits per heavy atom. The zero-order chi connectivity index (χ0) is 21.8. The highest BCUT2D eigenvalue weighted by Gasteiger charge is 2.20. The Hall–Kier alpha value is -3.80. The monoisotopic (exact) mass is 425 g/mol. The van der Waals surface area contributed by atoms with Crippen molar-refractivity contribution in [1.29, 1.82) is 0 Å². The molecule has 0 radical (unpaired) electrons. The van der Waals surface area contributed by atoms with Gasteiger partial charge in [0.15, 0.2) is 0 Å². The van der Waals surface area contributed by atoms with Gasteiger partial charge >= 0.3 is 0 Å². The summed E-state index contributed by atoms with van der Waals surface area (Å²) < 4.78 is 5.28. The molecule has 1 N–H and O–H groups in total. The number of anilines is 3. The summed E-state index contributed by atoms with van der Waals surface area (Å²) in [7, 11) is 1.69. The fraction of sp³-hybridized carbons (Fsp3) is 0.231. The maximum Gasteiger partial charge on any atom is 0.228 e. The van der Waals surface area contributed by atoms with Crippen LogP contribution < -0.4 is 19.9 Å². The molecule has 0 saturated carbocycles. The zero-order valence-corrected chi connectivity index (χ0v) is 18.2. The smallest absolute Gasteiger partial charge is 0.228 e. The second-order valence-corrected chi connectivity index (χ2v) is 7.90. The van der Waals surface area contributed by atoms with Crippen molar-refractivity contribution in [2.24, 2.45) is 0 Å². The molecule has 162 valence electrons. The molecular weight excluding hydrogens is 398 g/mol. The average Bonchev–Trinajstić information content (AvgIpc) is 2.88. The van der Waals surface area contributed by atoms with Gasteiger partial charge in [-0.2, -0.15) is 4.98 Å². The van der Waals surface area contributed by atoms with Gasteiger partial charge in [0.2, 0.25) is 5.95 Å². The predicted molar refractivity (Wildman–Crippen MR) is 131 cm³/mol. The summed E-state index contributed by atoms with van der Waals surface area (Å²) in [4.78, 5) is 14.5. The van der Waals surface area contributed by atoms with Crippen LogP contribution in [0.4, 0.5) is 17.5 Å². The molecule has 1 aliphatic heterocycles. The van der Waals surface area contributed by atoms with Crippen molar-refractivity contribution in [3.8, 4) is 5.75 Å². The first-order chi connectivity index (χ1) is 15.8. The Kier molecular flexibility index (Phi) is 5.75. The third-order valence-corrected chi connectivity index (χ3v) is 5.89. The molecule has 0 aliphatic carbocycles. The molecule has 5 rings (SSSR count). The Morgan fingerprint density at radius 1 is 0.781 bits per heavy atom. The van der Waals surface area contributed by atoms with Gasteiger partial charge in [-0.05, 0) is 42.0 Å². The lowest BCUT2D eigenvalue weighted by atomic mass is 10.2. The van der Waals surface area contributed by atoms with Crippen molar-refractivity contribution < 1.29 is 4.74 Å². The molecule has 2 heterocycles. The van der Waals surface area contributed by atoms with Crippen LogP contribution in [0.1, 0.15) is 5.56 Å². The molecule has 6 nitrogen and oxygen atoms in total. The van der Waals surface area contributed by atoms with E-state index in [4.69, 9.17) is 14.7 Å². The van der Waals surface area contributed by atoms with Crippen LogP contribution in [0.3, 0.4) is 0 Å². The number of benzene rings is 3. The highest BCUT2D eigenvalue weighted by molar-refractivity contribution is 5.90. The molecule has 1 aromatic heterocycles. The lowest BCUT2D eigenvalue weighted by molar-refractivity contribution is 0.415. The maximum absolute atomic E-state index is 5.28. The van der Waals surface area contributed by atoms with Gasteiger partial charge < -0.3 is 19.9 Å². The van der Waals surface area contributed by atoms with Crippen LogP contribution >= 0.6 is 0 Å². The van der Waals surface area contributed by atoms with Crippen molar-refractivity contribution in [2.75, 3.05) is 48.4 Å². The summed E-state index contributed by atoms with van der Waals surface area (Å²) >= 11 is 0. The lowest BCUT2D eigenvalue weighted by Crippen LogP contribution is -2.47. The lowest BCUT2D eigenvalue weighted by Gasteiger charge is -2.36. The van der Waals surface area contributed by atoms with E-state index in [1.54, 1.807) is 7.11 Å². The van der Waals surface area contributed by atoms with Crippen molar-refractivity contribution in [3.05, 3.63) is 84.4 Å². The molecule has 6 heteroatoms. The summed E-state index contributed by atoms with van der Waals surface area (Å²) in [5, 5.41) is 4.57. The SMILES string of the molecule is COc1ccc(N2CCN(c3nc(NCc4ccccc4)c4ccccc4n3)CC2)cc1. The van der Waals surface area contributed by atoms with E-state index in [0.29, 0.717) is 0 Å². The topological polar surface area (TPSA) is 53.5 Å². The molecule has 0 amide bonds. The van der Waals surface area contributed by atoms with Crippen molar-refractivity contribution in [2.45, 2.75) is 6.54 Å². The number of para-hydroxylation sites is 1. The van der Waals surface area contributed by atoms with E-state index >= 15 is 0 Å². The predicted octanol–water partition coefficient (Wildman–Crippen LogP) is 4.58. The molecule has 0 atom stereocenters. The van der Waals surface area contributed by atoms with Crippen LogP contribution in [-0.2, 0) is 6.54 Å². The Labute approximate surface area is 188 Å². The molecule has 0 spiro atoms. The molecule has 0 bridgehead atoms. The van der Waals surface area contributed by atoms with Crippen LogP contribution in [0, 0.1) is 0 Å². The van der Waals surface area contributed by atoms with Crippen molar-refractivity contribution in [1.82, 2.24) is 9.97 Å². The quantitative estimate of drug-likeness (QED) is 0.488. The van der Waals surface area contributed by atoms with Gasteiger partial charge in [-0.1, -0.05) is 42.5 Å². The molecule has 0 unspecified atom stereocenters. The summed E-state index contributed by atoms with van der Waals surface area (Å²) in [6, 6.07) is 26.9. The summed E-state index contributed by atoms with van der Waals surface area (Å²) in [6.07, 6.45) is 0. The zero-order valence-electron chi connectivity index (χ0n) is 18.2. The fourth-order valence-electron chi connectivity index (χ4n) is 4.08. The largest absolute Gasteiger partial charge is 0.497 e. The van der Waals surface area contributed by atoms with Crippen LogP contribution in [0.2, 0.25) is 0 Å². The van der Waals surface area contributed by atoms with Gasteiger partial charge in [0.1, 0.15) is 11.6 Å². The van der Waals surface area contributed by atoms with Gasteiger partial charge in [0.25, 0.3) is 0 Å². The summed E-state index contributed by atoms with van der Waals surface area (Å²) in [5.41, 5.74) is 3.41. The number of hydrogen-bond donors (Lipinski definition) is 1. The standard InChI is InChI=1S/C26H27N5O/c1-32-22-13-11-21(12-14-22)30-15-17-31(18-16-30)26-28-24-10-6-5-9-23(24)25(29-26)27-19-20-7-3-2-4-8-20/h2-14H,15-19H2,1H3,(H,27,28,29). The van der Waals surface area contributed by atoms with E-state index in [1.807, 2.05) is 30.3 Å². The molecule has 4 aromatic rings. The van der Waals surface area contributed by atoms with E-state index in [1.165, 1.54) is 11.3 Å². The minimum absolute atomic E-state index is 0.729. The average molecular weight is 426 g/mol. The number of piperazine rings is 1. The first-order valence-electron chi connectivity index (χ1n) is 11.0. The van der Waals surface area contributed by atoms with Crippen LogP contribution in [0.15, 0.2) is 78.9 Å². The van der Waals surface area contributed by atoms with Crippen LogP contribution in [-0.4, -0.2) is 43.3 Å². The number of nitrogens with zero attached hydrogens (tertiary/aromatic N) is 4. The third-order valence-electron chi connectivity index (χ3n) is 5.89. The number of nitrogens with one attached hydrogen (secondary N) is 1. The van der Waals surface area contributed by atoms with E-state index < -0.39 is 0 Å². The van der Waals surface area contributed by atoms with Crippen LogP contribution in [0.25, 0.3) is 10.9 Å². The first kappa shape index (κ1) is 20.1.